The van der Waals surface area contributed by atoms with Gasteiger partial charge in [0.15, 0.2) is 0 Å². The lowest BCUT2D eigenvalue weighted by Crippen LogP contribution is -2.37. The van der Waals surface area contributed by atoms with E-state index in [2.05, 4.69) is 9.97 Å². The Bertz CT molecular complexity index is 363. The number of aromatic nitrogens is 2. The van der Waals surface area contributed by atoms with Crippen molar-refractivity contribution in [3.8, 4) is 0 Å². The molecular weight excluding hydrogens is 237 g/mol. The average molecular weight is 250 g/mol. The molecule has 0 saturated carbocycles. The second-order valence-corrected chi connectivity index (χ2v) is 3.46. The maximum atomic E-state index is 12.3. The van der Waals surface area contributed by atoms with E-state index >= 15 is 0 Å². The summed E-state index contributed by atoms with van der Waals surface area (Å²) in [6, 6.07) is 1.24. The molecule has 0 atom stereocenters. The number of aliphatic hydroxyl groups excluding tert-OH is 1. The van der Waals surface area contributed by atoms with Gasteiger partial charge in [0.05, 0.1) is 6.61 Å². The molecule has 96 valence electrons. The van der Waals surface area contributed by atoms with E-state index in [0.717, 1.165) is 4.90 Å². The number of nitrogen functional groups attached to an aromatic ring is 1. The Morgan fingerprint density at radius 2 is 2.06 bits per heavy atom. The predicted octanol–water partition coefficient (Wildman–Crippen LogP) is 0.728. The first-order valence-corrected chi connectivity index (χ1v) is 4.85. The highest BCUT2D eigenvalue weighted by Gasteiger charge is 2.31. The maximum absolute atomic E-state index is 12.3. The molecule has 0 aliphatic heterocycles. The summed E-state index contributed by atoms with van der Waals surface area (Å²) in [4.78, 5) is 8.54. The Morgan fingerprint density at radius 3 is 2.53 bits per heavy atom. The number of rotatable bonds is 4. The van der Waals surface area contributed by atoms with Crippen molar-refractivity contribution in [2.24, 2.45) is 0 Å². The Labute approximate surface area is 96.1 Å². The first-order valence-electron chi connectivity index (χ1n) is 4.85. The van der Waals surface area contributed by atoms with Crippen molar-refractivity contribution >= 4 is 11.6 Å². The van der Waals surface area contributed by atoms with Crippen molar-refractivity contribution in [2.75, 3.05) is 30.3 Å². The zero-order valence-electron chi connectivity index (χ0n) is 9.20. The molecule has 0 aliphatic rings. The van der Waals surface area contributed by atoms with Gasteiger partial charge in [0.2, 0.25) is 0 Å². The van der Waals surface area contributed by atoms with Crippen LogP contribution in [-0.4, -0.2) is 40.9 Å². The van der Waals surface area contributed by atoms with E-state index < -0.39 is 19.3 Å². The Hall–Kier alpha value is -1.57. The third-order valence-corrected chi connectivity index (χ3v) is 1.91. The number of nitrogens with zero attached hydrogens (tertiary/aromatic N) is 3. The van der Waals surface area contributed by atoms with E-state index in [1.165, 1.54) is 13.0 Å². The highest BCUT2D eigenvalue weighted by Crippen LogP contribution is 2.21. The van der Waals surface area contributed by atoms with E-state index in [9.17, 15) is 13.2 Å². The van der Waals surface area contributed by atoms with Crippen molar-refractivity contribution in [1.82, 2.24) is 9.97 Å². The monoisotopic (exact) mass is 250 g/mol. The van der Waals surface area contributed by atoms with Crippen LogP contribution in [0.3, 0.4) is 0 Å². The quantitative estimate of drug-likeness (QED) is 0.823. The standard InChI is InChI=1S/C9H13F3N4O/c1-6-14-7(13)4-8(15-6)16(2-3-17)5-9(10,11)12/h4,17H,2-3,5H2,1H3,(H2,13,14,15). The molecule has 8 heteroatoms. The van der Waals surface area contributed by atoms with Crippen molar-refractivity contribution in [2.45, 2.75) is 13.1 Å². The topological polar surface area (TPSA) is 75.3 Å². The molecule has 0 fully saturated rings. The number of aryl methyl sites for hydroxylation is 1. The summed E-state index contributed by atoms with van der Waals surface area (Å²) in [5, 5.41) is 8.75. The summed E-state index contributed by atoms with van der Waals surface area (Å²) in [7, 11) is 0. The van der Waals surface area contributed by atoms with Crippen LogP contribution in [0.1, 0.15) is 5.82 Å². The zero-order valence-corrected chi connectivity index (χ0v) is 9.20. The van der Waals surface area contributed by atoms with Gasteiger partial charge in [-0.15, -0.1) is 0 Å². The lowest BCUT2D eigenvalue weighted by Gasteiger charge is -2.24. The van der Waals surface area contributed by atoms with Crippen molar-refractivity contribution < 1.29 is 18.3 Å². The highest BCUT2D eigenvalue weighted by molar-refractivity contribution is 5.47. The first kappa shape index (κ1) is 13.5. The van der Waals surface area contributed by atoms with E-state index in [-0.39, 0.29) is 24.0 Å². The minimum absolute atomic E-state index is 0.0568. The van der Waals surface area contributed by atoms with Crippen LogP contribution in [0.25, 0.3) is 0 Å². The van der Waals surface area contributed by atoms with Crippen LogP contribution < -0.4 is 10.6 Å². The maximum Gasteiger partial charge on any atom is 0.405 e. The van der Waals surface area contributed by atoms with Crippen molar-refractivity contribution in [3.63, 3.8) is 0 Å². The van der Waals surface area contributed by atoms with Crippen LogP contribution in [0.2, 0.25) is 0 Å². The van der Waals surface area contributed by atoms with E-state index in [1.54, 1.807) is 0 Å². The Balaban J connectivity index is 2.96. The molecule has 0 aliphatic carbocycles. The van der Waals surface area contributed by atoms with Gasteiger partial charge in [-0.2, -0.15) is 13.2 Å². The molecule has 0 bridgehead atoms. The molecule has 17 heavy (non-hydrogen) atoms. The fourth-order valence-electron chi connectivity index (χ4n) is 1.35. The minimum Gasteiger partial charge on any atom is -0.395 e. The Morgan fingerprint density at radius 1 is 1.41 bits per heavy atom. The lowest BCUT2D eigenvalue weighted by molar-refractivity contribution is -0.120. The van der Waals surface area contributed by atoms with Crippen molar-refractivity contribution in [3.05, 3.63) is 11.9 Å². The number of alkyl halides is 3. The summed E-state index contributed by atoms with van der Waals surface area (Å²) < 4.78 is 37.0. The second kappa shape index (κ2) is 5.17. The molecule has 0 amide bonds. The molecular formula is C9H13F3N4O. The molecule has 0 spiro atoms. The summed E-state index contributed by atoms with van der Waals surface area (Å²) in [5.74, 6) is 0.434. The predicted molar refractivity (Wildman–Crippen MR) is 56.5 cm³/mol. The van der Waals surface area contributed by atoms with Gasteiger partial charge in [-0.1, -0.05) is 0 Å². The van der Waals surface area contributed by atoms with Crippen LogP contribution in [-0.2, 0) is 0 Å². The molecule has 1 rings (SSSR count). The van der Waals surface area contributed by atoms with E-state index in [0.29, 0.717) is 0 Å². The highest BCUT2D eigenvalue weighted by atomic mass is 19.4. The summed E-state index contributed by atoms with van der Waals surface area (Å²) >= 11 is 0. The first-order chi connectivity index (χ1) is 7.81. The fourth-order valence-corrected chi connectivity index (χ4v) is 1.35. The van der Waals surface area contributed by atoms with Gasteiger partial charge >= 0.3 is 6.18 Å². The third-order valence-electron chi connectivity index (χ3n) is 1.91. The van der Waals surface area contributed by atoms with Crippen LogP contribution in [0.5, 0.6) is 0 Å². The van der Waals surface area contributed by atoms with Crippen LogP contribution in [0.15, 0.2) is 6.07 Å². The van der Waals surface area contributed by atoms with Gasteiger partial charge in [0, 0.05) is 12.6 Å². The normalized spacial score (nSPS) is 11.6. The number of anilines is 2. The van der Waals surface area contributed by atoms with E-state index in [4.69, 9.17) is 10.8 Å². The molecule has 0 aromatic carbocycles. The Kier molecular flexibility index (Phi) is 4.11. The smallest absolute Gasteiger partial charge is 0.395 e. The molecule has 3 N–H and O–H groups in total. The van der Waals surface area contributed by atoms with Crippen LogP contribution in [0, 0.1) is 6.92 Å². The third kappa shape index (κ3) is 4.43. The average Bonchev–Trinajstić information content (AvgIpc) is 2.13. The van der Waals surface area contributed by atoms with Gasteiger partial charge in [0.25, 0.3) is 0 Å². The fraction of sp³-hybridized carbons (Fsp3) is 0.556. The molecule has 1 aromatic rings. The van der Waals surface area contributed by atoms with Gasteiger partial charge in [-0.25, -0.2) is 9.97 Å². The van der Waals surface area contributed by atoms with E-state index in [1.807, 2.05) is 0 Å². The summed E-state index contributed by atoms with van der Waals surface area (Å²) in [6.07, 6.45) is -4.37. The molecule has 0 radical (unpaired) electrons. The number of hydrogen-bond acceptors (Lipinski definition) is 5. The minimum atomic E-state index is -4.37. The molecule has 5 nitrogen and oxygen atoms in total. The van der Waals surface area contributed by atoms with Gasteiger partial charge in [0.1, 0.15) is 24.0 Å². The number of halogens is 3. The van der Waals surface area contributed by atoms with Gasteiger partial charge in [-0.3, -0.25) is 0 Å². The largest absolute Gasteiger partial charge is 0.405 e. The summed E-state index contributed by atoms with van der Waals surface area (Å²) in [6.45, 7) is -0.234. The van der Waals surface area contributed by atoms with Crippen molar-refractivity contribution in [1.29, 1.82) is 0 Å². The van der Waals surface area contributed by atoms with Crippen LogP contribution >= 0.6 is 0 Å². The molecule has 1 aromatic heterocycles. The number of nitrogens with two attached hydrogens (primary N) is 1. The lowest BCUT2D eigenvalue weighted by atomic mass is 10.4. The van der Waals surface area contributed by atoms with Gasteiger partial charge in [-0.05, 0) is 6.92 Å². The number of aliphatic hydroxyl groups is 1. The molecule has 0 saturated heterocycles. The molecule has 0 unspecified atom stereocenters. The molecule has 1 heterocycles. The summed E-state index contributed by atoms with van der Waals surface area (Å²) in [5.41, 5.74) is 5.44. The van der Waals surface area contributed by atoms with Gasteiger partial charge < -0.3 is 15.7 Å². The second-order valence-electron chi connectivity index (χ2n) is 3.46. The number of hydrogen-bond donors (Lipinski definition) is 2. The SMILES string of the molecule is Cc1nc(N)cc(N(CCO)CC(F)(F)F)n1. The zero-order chi connectivity index (χ0) is 13.1. The van der Waals surface area contributed by atoms with Crippen LogP contribution in [0.4, 0.5) is 24.8 Å².